The van der Waals surface area contributed by atoms with Crippen molar-refractivity contribution in [1.82, 2.24) is 10.3 Å². The number of halogens is 3. The molecule has 0 aliphatic carbocycles. The molecular formula is C14H19F3N2O6S. The molecule has 0 saturated carbocycles. The SMILES string of the molecule is Cc1cc(OS(=O)(=O)C(F)(F)F)c(OCCNC(=O)OC(C)(C)C)cn1. The van der Waals surface area contributed by atoms with E-state index in [2.05, 4.69) is 14.5 Å². The molecule has 0 spiro atoms. The van der Waals surface area contributed by atoms with E-state index < -0.39 is 33.1 Å². The Labute approximate surface area is 148 Å². The molecule has 148 valence electrons. The first-order chi connectivity index (χ1) is 11.7. The maximum atomic E-state index is 12.5. The monoisotopic (exact) mass is 400 g/mol. The Morgan fingerprint density at radius 2 is 1.85 bits per heavy atom. The molecule has 0 atom stereocenters. The number of alkyl halides is 3. The number of carbonyl (C=O) groups excluding carboxylic acids is 1. The minimum atomic E-state index is -5.85. The molecule has 1 rings (SSSR count). The summed E-state index contributed by atoms with van der Waals surface area (Å²) in [7, 11) is -5.85. The molecule has 1 heterocycles. The van der Waals surface area contributed by atoms with Crippen LogP contribution in [0.3, 0.4) is 0 Å². The number of amides is 1. The van der Waals surface area contributed by atoms with Gasteiger partial charge in [-0.05, 0) is 27.7 Å². The van der Waals surface area contributed by atoms with Gasteiger partial charge in [-0.25, -0.2) is 4.79 Å². The fourth-order valence-corrected chi connectivity index (χ4v) is 1.95. The van der Waals surface area contributed by atoms with Crippen LogP contribution in [0.2, 0.25) is 0 Å². The van der Waals surface area contributed by atoms with E-state index in [1.807, 2.05) is 0 Å². The molecule has 1 amide bonds. The number of nitrogens with one attached hydrogen (secondary N) is 1. The summed E-state index contributed by atoms with van der Waals surface area (Å²) in [5.41, 5.74) is -6.06. The van der Waals surface area contributed by atoms with Crippen molar-refractivity contribution >= 4 is 16.2 Å². The lowest BCUT2D eigenvalue weighted by molar-refractivity contribution is -0.0500. The number of alkyl carbamates (subject to hydrolysis) is 1. The topological polar surface area (TPSA) is 104 Å². The van der Waals surface area contributed by atoms with E-state index in [9.17, 15) is 26.4 Å². The van der Waals surface area contributed by atoms with Crippen molar-refractivity contribution in [3.8, 4) is 11.5 Å². The van der Waals surface area contributed by atoms with Crippen molar-refractivity contribution in [2.75, 3.05) is 13.2 Å². The van der Waals surface area contributed by atoms with Crippen LogP contribution >= 0.6 is 0 Å². The van der Waals surface area contributed by atoms with Crippen molar-refractivity contribution in [2.45, 2.75) is 38.8 Å². The predicted octanol–water partition coefficient (Wildman–Crippen LogP) is 2.52. The second kappa shape index (κ2) is 7.98. The van der Waals surface area contributed by atoms with Gasteiger partial charge in [0.25, 0.3) is 0 Å². The van der Waals surface area contributed by atoms with Gasteiger partial charge in [-0.2, -0.15) is 21.6 Å². The van der Waals surface area contributed by atoms with Crippen molar-refractivity contribution in [3.05, 3.63) is 18.0 Å². The van der Waals surface area contributed by atoms with Crippen molar-refractivity contribution in [3.63, 3.8) is 0 Å². The Bertz CT molecular complexity index is 744. The summed E-state index contributed by atoms with van der Waals surface area (Å²) >= 11 is 0. The fraction of sp³-hybridized carbons (Fsp3) is 0.571. The number of carbonyl (C=O) groups is 1. The highest BCUT2D eigenvalue weighted by Gasteiger charge is 2.49. The number of aromatic nitrogens is 1. The number of hydrogen-bond donors (Lipinski definition) is 1. The van der Waals surface area contributed by atoms with Crippen molar-refractivity contribution in [1.29, 1.82) is 0 Å². The molecule has 0 unspecified atom stereocenters. The maximum Gasteiger partial charge on any atom is 0.534 e. The first-order valence-corrected chi connectivity index (χ1v) is 8.69. The lowest BCUT2D eigenvalue weighted by Gasteiger charge is -2.19. The molecule has 1 N–H and O–H groups in total. The third-order valence-corrected chi connectivity index (χ3v) is 3.45. The second-order valence-corrected chi connectivity index (χ2v) is 7.57. The number of aryl methyl sites for hydroxylation is 1. The number of hydrogen-bond acceptors (Lipinski definition) is 7. The van der Waals surface area contributed by atoms with E-state index >= 15 is 0 Å². The van der Waals surface area contributed by atoms with Gasteiger partial charge in [-0.3, -0.25) is 4.98 Å². The van der Waals surface area contributed by atoms with Gasteiger partial charge in [0.05, 0.1) is 12.7 Å². The third kappa shape index (κ3) is 6.94. The van der Waals surface area contributed by atoms with Crippen LogP contribution in [0.5, 0.6) is 11.5 Å². The van der Waals surface area contributed by atoms with Crippen LogP contribution in [-0.4, -0.2) is 43.8 Å². The van der Waals surface area contributed by atoms with Crippen LogP contribution in [0.4, 0.5) is 18.0 Å². The van der Waals surface area contributed by atoms with Gasteiger partial charge in [0.1, 0.15) is 12.2 Å². The van der Waals surface area contributed by atoms with Crippen molar-refractivity contribution < 1.29 is 40.0 Å². The van der Waals surface area contributed by atoms with Gasteiger partial charge < -0.3 is 19.0 Å². The summed E-state index contributed by atoms with van der Waals surface area (Å²) in [6, 6.07) is 0.986. The van der Waals surface area contributed by atoms with Crippen LogP contribution < -0.4 is 14.2 Å². The van der Waals surface area contributed by atoms with Gasteiger partial charge in [-0.15, -0.1) is 0 Å². The quantitative estimate of drug-likeness (QED) is 0.444. The molecule has 0 saturated heterocycles. The van der Waals surface area contributed by atoms with Crippen LogP contribution in [0.25, 0.3) is 0 Å². The number of ether oxygens (including phenoxy) is 2. The Kier molecular flexibility index (Phi) is 6.69. The Balaban J connectivity index is 2.72. The molecular weight excluding hydrogens is 381 g/mol. The molecule has 12 heteroatoms. The second-order valence-electron chi connectivity index (χ2n) is 6.03. The predicted molar refractivity (Wildman–Crippen MR) is 84.3 cm³/mol. The summed E-state index contributed by atoms with van der Waals surface area (Å²) in [6.45, 7) is 6.21. The molecule has 1 aromatic heterocycles. The highest BCUT2D eigenvalue weighted by molar-refractivity contribution is 7.88. The number of nitrogens with zero attached hydrogens (tertiary/aromatic N) is 1. The largest absolute Gasteiger partial charge is 0.534 e. The summed E-state index contributed by atoms with van der Waals surface area (Å²) in [5.74, 6) is -0.985. The molecule has 26 heavy (non-hydrogen) atoms. The zero-order valence-corrected chi connectivity index (χ0v) is 15.3. The summed E-state index contributed by atoms with van der Waals surface area (Å²) in [5, 5.41) is 2.37. The fourth-order valence-electron chi connectivity index (χ4n) is 1.49. The summed E-state index contributed by atoms with van der Waals surface area (Å²) < 4.78 is 73.9. The standard InChI is InChI=1S/C14H19F3N2O6S/c1-9-7-10(25-26(21,22)14(15,16)17)11(8-19-9)23-6-5-18-12(20)24-13(2,3)4/h7-8H,5-6H2,1-4H3,(H,18,20). The average molecular weight is 400 g/mol. The molecule has 0 bridgehead atoms. The van der Waals surface area contributed by atoms with E-state index in [0.29, 0.717) is 0 Å². The first kappa shape index (κ1) is 21.8. The van der Waals surface area contributed by atoms with Gasteiger partial charge in [0.15, 0.2) is 11.5 Å². The van der Waals surface area contributed by atoms with E-state index in [1.165, 1.54) is 6.92 Å². The first-order valence-electron chi connectivity index (χ1n) is 7.28. The molecule has 0 aromatic carbocycles. The smallest absolute Gasteiger partial charge is 0.486 e. The lowest BCUT2D eigenvalue weighted by Crippen LogP contribution is -2.34. The lowest BCUT2D eigenvalue weighted by atomic mass is 10.2. The zero-order valence-electron chi connectivity index (χ0n) is 14.5. The average Bonchev–Trinajstić information content (AvgIpc) is 2.41. The molecule has 0 aliphatic rings. The van der Waals surface area contributed by atoms with Crippen LogP contribution in [0.1, 0.15) is 26.5 Å². The number of pyridine rings is 1. The Morgan fingerprint density at radius 3 is 2.38 bits per heavy atom. The van der Waals surface area contributed by atoms with E-state index in [0.717, 1.165) is 12.3 Å². The Morgan fingerprint density at radius 1 is 1.23 bits per heavy atom. The molecule has 1 aromatic rings. The van der Waals surface area contributed by atoms with E-state index in [-0.39, 0.29) is 24.6 Å². The van der Waals surface area contributed by atoms with E-state index in [4.69, 9.17) is 9.47 Å². The van der Waals surface area contributed by atoms with Gasteiger partial charge >= 0.3 is 21.7 Å². The normalized spacial score (nSPS) is 12.4. The minimum absolute atomic E-state index is 0.0474. The summed E-state index contributed by atoms with van der Waals surface area (Å²) in [4.78, 5) is 15.3. The minimum Gasteiger partial charge on any atom is -0.486 e. The van der Waals surface area contributed by atoms with Crippen LogP contribution in [-0.2, 0) is 14.9 Å². The van der Waals surface area contributed by atoms with Crippen LogP contribution in [0, 0.1) is 6.92 Å². The Hall–Kier alpha value is -2.24. The maximum absolute atomic E-state index is 12.5. The van der Waals surface area contributed by atoms with Gasteiger partial charge in [0.2, 0.25) is 0 Å². The van der Waals surface area contributed by atoms with Crippen molar-refractivity contribution in [2.24, 2.45) is 0 Å². The zero-order chi connectivity index (χ0) is 20.2. The molecule has 0 fully saturated rings. The van der Waals surface area contributed by atoms with Gasteiger partial charge in [0, 0.05) is 11.8 Å². The summed E-state index contributed by atoms with van der Waals surface area (Å²) in [6.07, 6.45) is 0.309. The van der Waals surface area contributed by atoms with Gasteiger partial charge in [-0.1, -0.05) is 0 Å². The number of rotatable bonds is 6. The molecule has 8 nitrogen and oxygen atoms in total. The molecule has 0 aliphatic heterocycles. The van der Waals surface area contributed by atoms with E-state index in [1.54, 1.807) is 20.8 Å². The third-order valence-electron chi connectivity index (χ3n) is 2.48. The van der Waals surface area contributed by atoms with Crippen LogP contribution in [0.15, 0.2) is 12.3 Å². The molecule has 0 radical (unpaired) electrons. The highest BCUT2D eigenvalue weighted by Crippen LogP contribution is 2.32. The highest BCUT2D eigenvalue weighted by atomic mass is 32.2.